The fourth-order valence-electron chi connectivity index (χ4n) is 3.13. The fourth-order valence-corrected chi connectivity index (χ4v) is 3.13. The van der Waals surface area contributed by atoms with Crippen molar-refractivity contribution in [1.82, 2.24) is 0 Å². The van der Waals surface area contributed by atoms with Gasteiger partial charge in [0.2, 0.25) is 0 Å². The van der Waals surface area contributed by atoms with Gasteiger partial charge < -0.3 is 28.4 Å². The minimum atomic E-state index is -0.826. The predicted octanol–water partition coefficient (Wildman–Crippen LogP) is 2.90. The molecule has 8 heteroatoms. The number of allylic oxidation sites excluding steroid dienone is 1. The van der Waals surface area contributed by atoms with Gasteiger partial charge in [-0.3, -0.25) is 4.79 Å². The van der Waals surface area contributed by atoms with Crippen molar-refractivity contribution in [2.45, 2.75) is 44.0 Å². The van der Waals surface area contributed by atoms with Gasteiger partial charge in [0.05, 0.1) is 18.8 Å². The minimum Gasteiger partial charge on any atom is -0.497 e. The predicted molar refractivity (Wildman–Crippen MR) is 108 cm³/mol. The van der Waals surface area contributed by atoms with Gasteiger partial charge in [-0.25, -0.2) is 4.79 Å². The van der Waals surface area contributed by atoms with Crippen LogP contribution in [0.4, 0.5) is 0 Å². The maximum absolute atomic E-state index is 12.5. The lowest BCUT2D eigenvalue weighted by atomic mass is 9.97. The number of carbonyl (C=O) groups excluding carboxylic acids is 2. The van der Waals surface area contributed by atoms with Crippen LogP contribution in [0, 0.1) is 0 Å². The summed E-state index contributed by atoms with van der Waals surface area (Å²) in [5.74, 6) is 0.0726. The van der Waals surface area contributed by atoms with Gasteiger partial charge in [-0.2, -0.15) is 0 Å². The van der Waals surface area contributed by atoms with Crippen LogP contribution in [0.3, 0.4) is 0 Å². The van der Waals surface area contributed by atoms with E-state index >= 15 is 0 Å². The summed E-state index contributed by atoms with van der Waals surface area (Å²) in [5, 5.41) is 0. The highest BCUT2D eigenvalue weighted by molar-refractivity contribution is 5.94. The van der Waals surface area contributed by atoms with Crippen molar-refractivity contribution in [3.8, 4) is 5.75 Å². The Morgan fingerprint density at radius 1 is 0.967 bits per heavy atom. The van der Waals surface area contributed by atoms with Crippen LogP contribution in [-0.2, 0) is 28.5 Å². The van der Waals surface area contributed by atoms with Crippen molar-refractivity contribution in [1.29, 1.82) is 0 Å². The van der Waals surface area contributed by atoms with Crippen LogP contribution in [0.25, 0.3) is 0 Å². The first-order valence-electron chi connectivity index (χ1n) is 9.85. The Morgan fingerprint density at radius 2 is 1.67 bits per heavy atom. The van der Waals surface area contributed by atoms with E-state index in [1.54, 1.807) is 37.5 Å². The van der Waals surface area contributed by atoms with Gasteiger partial charge in [-0.05, 0) is 56.0 Å². The summed E-state index contributed by atoms with van der Waals surface area (Å²) in [6.45, 7) is -0.0161. The molecule has 1 aliphatic carbocycles. The van der Waals surface area contributed by atoms with E-state index in [2.05, 4.69) is 0 Å². The molecule has 0 saturated carbocycles. The van der Waals surface area contributed by atoms with Gasteiger partial charge >= 0.3 is 5.97 Å². The number of hydrogen-bond acceptors (Lipinski definition) is 8. The molecule has 0 fully saturated rings. The number of rotatable bonds is 9. The van der Waals surface area contributed by atoms with E-state index in [0.29, 0.717) is 37.0 Å². The third kappa shape index (κ3) is 7.53. The standard InChI is InChI=1S/C22H30O8/c1-25-14-28-20-13-12-18(6-4-5-7-19(23)21(20)29-15-26-2)30-22(24)16-8-10-17(27-3)11-9-16/h5,7-11,18,20-21H,4,6,12-15H2,1-3H3/b7-5-. The Balaban J connectivity index is 2.08. The minimum absolute atomic E-state index is 0.0187. The van der Waals surface area contributed by atoms with Gasteiger partial charge in [-0.15, -0.1) is 0 Å². The maximum Gasteiger partial charge on any atom is 0.338 e. The van der Waals surface area contributed by atoms with E-state index < -0.39 is 18.2 Å². The lowest BCUT2D eigenvalue weighted by molar-refractivity contribution is -0.169. The summed E-state index contributed by atoms with van der Waals surface area (Å²) in [6.07, 6.45) is 3.72. The number of hydrogen-bond donors (Lipinski definition) is 0. The van der Waals surface area contributed by atoms with E-state index in [-0.39, 0.29) is 25.5 Å². The molecule has 0 amide bonds. The smallest absolute Gasteiger partial charge is 0.338 e. The molecule has 0 heterocycles. The summed E-state index contributed by atoms with van der Waals surface area (Å²) in [4.78, 5) is 25.1. The average Bonchev–Trinajstić information content (AvgIpc) is 2.77. The second-order valence-corrected chi connectivity index (χ2v) is 6.82. The van der Waals surface area contributed by atoms with Gasteiger partial charge in [0.25, 0.3) is 0 Å². The number of methoxy groups -OCH3 is 3. The van der Waals surface area contributed by atoms with E-state index in [4.69, 9.17) is 28.4 Å². The zero-order valence-electron chi connectivity index (χ0n) is 17.7. The molecule has 0 bridgehead atoms. The fraction of sp³-hybridized carbons (Fsp3) is 0.545. The van der Waals surface area contributed by atoms with E-state index in [9.17, 15) is 9.59 Å². The van der Waals surface area contributed by atoms with E-state index in [1.807, 2.05) is 0 Å². The lowest BCUT2D eigenvalue weighted by Crippen LogP contribution is -2.39. The highest BCUT2D eigenvalue weighted by Crippen LogP contribution is 2.21. The monoisotopic (exact) mass is 422 g/mol. The van der Waals surface area contributed by atoms with Gasteiger partial charge in [-0.1, -0.05) is 6.08 Å². The van der Waals surface area contributed by atoms with Crippen LogP contribution >= 0.6 is 0 Å². The lowest BCUT2D eigenvalue weighted by Gasteiger charge is -2.27. The summed E-state index contributed by atoms with van der Waals surface area (Å²) < 4.78 is 32.1. The molecule has 166 valence electrons. The molecule has 8 nitrogen and oxygen atoms in total. The number of esters is 1. The summed E-state index contributed by atoms with van der Waals surface area (Å²) in [7, 11) is 4.56. The molecule has 0 aromatic heterocycles. The zero-order valence-corrected chi connectivity index (χ0v) is 17.7. The normalized spacial score (nSPS) is 23.6. The van der Waals surface area contributed by atoms with Crippen LogP contribution in [-0.4, -0.2) is 65.0 Å². The first-order valence-corrected chi connectivity index (χ1v) is 9.85. The van der Waals surface area contributed by atoms with E-state index in [0.717, 1.165) is 0 Å². The van der Waals surface area contributed by atoms with Crippen molar-refractivity contribution in [3.63, 3.8) is 0 Å². The SMILES string of the molecule is COCOC1CCC(OC(=O)c2ccc(OC)cc2)CC/C=C\C(=O)C1OCOC. The molecule has 30 heavy (non-hydrogen) atoms. The third-order valence-electron chi connectivity index (χ3n) is 4.69. The molecular formula is C22H30O8. The number of ether oxygens (including phenoxy) is 6. The molecule has 0 radical (unpaired) electrons. The summed E-state index contributed by atoms with van der Waals surface area (Å²) >= 11 is 0. The number of ketones is 1. The molecule has 0 N–H and O–H groups in total. The van der Waals surface area contributed by atoms with Crippen molar-refractivity contribution in [3.05, 3.63) is 42.0 Å². The number of benzene rings is 1. The molecule has 1 aromatic carbocycles. The highest BCUT2D eigenvalue weighted by Gasteiger charge is 2.31. The molecule has 0 spiro atoms. The van der Waals surface area contributed by atoms with Crippen LogP contribution in [0.2, 0.25) is 0 Å². The van der Waals surface area contributed by atoms with Gasteiger partial charge in [0.15, 0.2) is 5.78 Å². The molecule has 3 unspecified atom stereocenters. The molecule has 0 aliphatic heterocycles. The second-order valence-electron chi connectivity index (χ2n) is 6.82. The quantitative estimate of drug-likeness (QED) is 0.443. The number of carbonyl (C=O) groups is 2. The molecule has 1 aromatic rings. The molecule has 0 saturated heterocycles. The molecule has 3 atom stereocenters. The van der Waals surface area contributed by atoms with Crippen LogP contribution in [0.1, 0.15) is 36.0 Å². The van der Waals surface area contributed by atoms with Crippen LogP contribution < -0.4 is 4.74 Å². The van der Waals surface area contributed by atoms with Gasteiger partial charge in [0.1, 0.15) is 31.5 Å². The van der Waals surface area contributed by atoms with Crippen LogP contribution in [0.15, 0.2) is 36.4 Å². The Kier molecular flexibility index (Phi) is 10.5. The topological polar surface area (TPSA) is 89.5 Å². The Hall–Kier alpha value is -2.26. The molecule has 1 aliphatic rings. The summed E-state index contributed by atoms with van der Waals surface area (Å²) in [5.41, 5.74) is 0.451. The molecular weight excluding hydrogens is 392 g/mol. The van der Waals surface area contributed by atoms with Crippen LogP contribution in [0.5, 0.6) is 5.75 Å². The largest absolute Gasteiger partial charge is 0.497 e. The van der Waals surface area contributed by atoms with Gasteiger partial charge in [0, 0.05) is 14.2 Å². The first-order chi connectivity index (χ1) is 14.6. The Bertz CT molecular complexity index is 685. The van der Waals surface area contributed by atoms with Crippen molar-refractivity contribution >= 4 is 11.8 Å². The summed E-state index contributed by atoms with van der Waals surface area (Å²) in [6, 6.07) is 6.76. The Morgan fingerprint density at radius 3 is 2.33 bits per heavy atom. The highest BCUT2D eigenvalue weighted by atomic mass is 16.7. The maximum atomic E-state index is 12.5. The third-order valence-corrected chi connectivity index (χ3v) is 4.69. The average molecular weight is 422 g/mol. The molecule has 2 rings (SSSR count). The van der Waals surface area contributed by atoms with Crippen molar-refractivity contribution < 1.29 is 38.0 Å². The Labute approximate surface area is 177 Å². The zero-order chi connectivity index (χ0) is 21.8. The van der Waals surface area contributed by atoms with E-state index in [1.165, 1.54) is 20.3 Å². The van der Waals surface area contributed by atoms with Crippen molar-refractivity contribution in [2.75, 3.05) is 34.9 Å². The second kappa shape index (κ2) is 13.1. The van der Waals surface area contributed by atoms with Crippen molar-refractivity contribution in [2.24, 2.45) is 0 Å². The first kappa shape index (κ1) is 24.0.